The van der Waals surface area contributed by atoms with E-state index < -0.39 is 17.1 Å². The van der Waals surface area contributed by atoms with E-state index in [0.717, 1.165) is 38.9 Å². The molecule has 0 amide bonds. The minimum atomic E-state index is -1.46. The SMILES string of the molecule is CCOCc1nc(C(C)(C)O)c(C(=O)O)n1Cc1ccc(-c2ccccc2-c2nnnn2C(c2ccccc2)(c2ccccc2)c2ccccc2)cc1. The highest BCUT2D eigenvalue weighted by Crippen LogP contribution is 2.43. The Bertz CT molecular complexity index is 2220. The molecule has 53 heavy (non-hydrogen) atoms. The van der Waals surface area contributed by atoms with Crippen LogP contribution in [0.4, 0.5) is 0 Å². The number of ether oxygens (including phenoxy) is 1. The molecule has 2 N–H and O–H groups in total. The summed E-state index contributed by atoms with van der Waals surface area (Å²) in [5.74, 6) is -0.148. The van der Waals surface area contributed by atoms with Crippen LogP contribution in [-0.4, -0.2) is 52.5 Å². The van der Waals surface area contributed by atoms with Crippen molar-refractivity contribution in [2.75, 3.05) is 6.61 Å². The molecule has 10 nitrogen and oxygen atoms in total. The Kier molecular flexibility index (Phi) is 9.82. The van der Waals surface area contributed by atoms with Crippen molar-refractivity contribution in [3.05, 3.63) is 179 Å². The fraction of sp³-hybridized carbons (Fsp3) is 0.186. The Balaban J connectivity index is 1.33. The minimum Gasteiger partial charge on any atom is -0.477 e. The van der Waals surface area contributed by atoms with Gasteiger partial charge in [-0.25, -0.2) is 14.5 Å². The number of imidazole rings is 1. The van der Waals surface area contributed by atoms with Crippen molar-refractivity contribution in [2.45, 2.75) is 45.1 Å². The van der Waals surface area contributed by atoms with Gasteiger partial charge in [0.2, 0.25) is 0 Å². The van der Waals surface area contributed by atoms with Crippen molar-refractivity contribution in [3.8, 4) is 22.5 Å². The minimum absolute atomic E-state index is 0.0628. The summed E-state index contributed by atoms with van der Waals surface area (Å²) in [6.07, 6.45) is 0. The van der Waals surface area contributed by atoms with E-state index in [4.69, 9.17) is 9.95 Å². The fourth-order valence-electron chi connectivity index (χ4n) is 7.00. The van der Waals surface area contributed by atoms with E-state index in [-0.39, 0.29) is 24.5 Å². The number of carbonyl (C=O) groups is 1. The number of carboxylic acid groups (broad SMARTS) is 1. The molecular weight excluding hydrogens is 665 g/mol. The number of nitrogens with zero attached hydrogens (tertiary/aromatic N) is 6. The molecule has 0 aliphatic rings. The average molecular weight is 705 g/mol. The van der Waals surface area contributed by atoms with Crippen LogP contribution in [-0.2, 0) is 29.0 Å². The predicted molar refractivity (Wildman–Crippen MR) is 202 cm³/mol. The molecule has 10 heteroatoms. The second-order valence-corrected chi connectivity index (χ2v) is 13.3. The Labute approximate surface area is 308 Å². The highest BCUT2D eigenvalue weighted by Gasteiger charge is 2.42. The van der Waals surface area contributed by atoms with E-state index >= 15 is 0 Å². The van der Waals surface area contributed by atoms with Gasteiger partial charge in [-0.1, -0.05) is 140 Å². The van der Waals surface area contributed by atoms with E-state index in [9.17, 15) is 15.0 Å². The van der Waals surface area contributed by atoms with E-state index in [1.807, 2.05) is 115 Å². The third-order valence-corrected chi connectivity index (χ3v) is 9.40. The van der Waals surface area contributed by atoms with Gasteiger partial charge in [-0.15, -0.1) is 5.10 Å². The topological polar surface area (TPSA) is 128 Å². The molecule has 266 valence electrons. The van der Waals surface area contributed by atoms with Gasteiger partial charge in [0.15, 0.2) is 11.5 Å². The van der Waals surface area contributed by atoms with Crippen LogP contribution in [0.3, 0.4) is 0 Å². The molecular formula is C43H40N6O4. The quantitative estimate of drug-likeness (QED) is 0.118. The third kappa shape index (κ3) is 6.66. The number of hydrogen-bond donors (Lipinski definition) is 2. The first-order valence-electron chi connectivity index (χ1n) is 17.5. The van der Waals surface area contributed by atoms with Crippen LogP contribution in [0.25, 0.3) is 22.5 Å². The van der Waals surface area contributed by atoms with Gasteiger partial charge in [0.1, 0.15) is 29.3 Å². The molecule has 0 bridgehead atoms. The smallest absolute Gasteiger partial charge is 0.354 e. The van der Waals surface area contributed by atoms with Gasteiger partial charge in [-0.05, 0) is 64.6 Å². The van der Waals surface area contributed by atoms with Crippen molar-refractivity contribution in [3.63, 3.8) is 0 Å². The van der Waals surface area contributed by atoms with Crippen LogP contribution >= 0.6 is 0 Å². The van der Waals surface area contributed by atoms with Crippen LogP contribution < -0.4 is 0 Å². The van der Waals surface area contributed by atoms with Crippen LogP contribution in [0, 0.1) is 0 Å². The third-order valence-electron chi connectivity index (χ3n) is 9.40. The van der Waals surface area contributed by atoms with E-state index in [0.29, 0.717) is 18.3 Å². The molecule has 0 atom stereocenters. The molecule has 0 saturated heterocycles. The van der Waals surface area contributed by atoms with E-state index in [1.54, 1.807) is 4.57 Å². The summed E-state index contributed by atoms with van der Waals surface area (Å²) in [5.41, 5.74) is 4.23. The lowest BCUT2D eigenvalue weighted by Gasteiger charge is -2.36. The largest absolute Gasteiger partial charge is 0.477 e. The lowest BCUT2D eigenvalue weighted by Crippen LogP contribution is -2.39. The summed E-state index contributed by atoms with van der Waals surface area (Å²) in [7, 11) is 0. The van der Waals surface area contributed by atoms with E-state index in [2.05, 4.69) is 51.7 Å². The highest BCUT2D eigenvalue weighted by atomic mass is 16.5. The molecule has 0 aliphatic carbocycles. The van der Waals surface area contributed by atoms with Crippen LogP contribution in [0.5, 0.6) is 0 Å². The number of aromatic carboxylic acids is 1. The number of hydrogen-bond acceptors (Lipinski definition) is 7. The first-order valence-corrected chi connectivity index (χ1v) is 17.5. The van der Waals surface area contributed by atoms with Gasteiger partial charge in [-0.3, -0.25) is 0 Å². The second-order valence-electron chi connectivity index (χ2n) is 13.3. The molecule has 0 fully saturated rings. The fourth-order valence-corrected chi connectivity index (χ4v) is 7.00. The highest BCUT2D eigenvalue weighted by molar-refractivity contribution is 5.87. The molecule has 0 radical (unpaired) electrons. The molecule has 2 aromatic heterocycles. The maximum atomic E-state index is 12.5. The van der Waals surface area contributed by atoms with Gasteiger partial charge >= 0.3 is 5.97 Å². The summed E-state index contributed by atoms with van der Waals surface area (Å²) in [5, 5.41) is 34.7. The number of aliphatic hydroxyl groups is 1. The van der Waals surface area contributed by atoms with Crippen molar-refractivity contribution in [1.29, 1.82) is 0 Å². The summed E-state index contributed by atoms with van der Waals surface area (Å²) >= 11 is 0. The summed E-state index contributed by atoms with van der Waals surface area (Å²) in [6, 6.07) is 46.9. The van der Waals surface area contributed by atoms with Crippen LogP contribution in [0.15, 0.2) is 140 Å². The van der Waals surface area contributed by atoms with Crippen molar-refractivity contribution in [1.82, 2.24) is 29.8 Å². The summed E-state index contributed by atoms with van der Waals surface area (Å²) in [4.78, 5) is 17.0. The Hall–Kier alpha value is -6.23. The summed E-state index contributed by atoms with van der Waals surface area (Å²) < 4.78 is 9.16. The zero-order valence-electron chi connectivity index (χ0n) is 29.8. The van der Waals surface area contributed by atoms with Gasteiger partial charge in [-0.2, -0.15) is 0 Å². The van der Waals surface area contributed by atoms with Crippen molar-refractivity contribution in [2.24, 2.45) is 0 Å². The van der Waals surface area contributed by atoms with Gasteiger partial charge in [0.25, 0.3) is 0 Å². The van der Waals surface area contributed by atoms with Gasteiger partial charge in [0, 0.05) is 18.7 Å². The van der Waals surface area contributed by atoms with Crippen molar-refractivity contribution >= 4 is 5.97 Å². The van der Waals surface area contributed by atoms with Crippen molar-refractivity contribution < 1.29 is 19.7 Å². The Morgan fingerprint density at radius 3 is 1.77 bits per heavy atom. The normalized spacial score (nSPS) is 11.8. The number of benzene rings is 5. The zero-order valence-corrected chi connectivity index (χ0v) is 29.8. The summed E-state index contributed by atoms with van der Waals surface area (Å²) in [6.45, 7) is 5.70. The standard InChI is InChI=1S/C43H40N6O4/c1-4-53-29-37-44-39(42(2,3)52)38(41(50)51)48(37)28-30-24-26-31(27-25-30)35-22-14-15-23-36(35)40-45-46-47-49(40)43(32-16-8-5-9-17-32,33-18-10-6-11-19-33)34-20-12-7-13-21-34/h5-27,52H,4,28-29H2,1-3H3,(H,50,51). The maximum absolute atomic E-state index is 12.5. The Morgan fingerprint density at radius 1 is 0.736 bits per heavy atom. The first kappa shape index (κ1) is 35.2. The molecule has 0 aliphatic heterocycles. The molecule has 0 spiro atoms. The lowest BCUT2D eigenvalue weighted by atomic mass is 9.77. The number of carboxylic acids is 1. The predicted octanol–water partition coefficient (Wildman–Crippen LogP) is 7.55. The lowest BCUT2D eigenvalue weighted by molar-refractivity contribution is 0.0602. The first-order chi connectivity index (χ1) is 25.7. The average Bonchev–Trinajstić information content (AvgIpc) is 3.82. The number of tetrazole rings is 1. The monoisotopic (exact) mass is 704 g/mol. The molecule has 7 aromatic rings. The Morgan fingerprint density at radius 2 is 1.26 bits per heavy atom. The number of aromatic nitrogens is 6. The van der Waals surface area contributed by atoms with Crippen LogP contribution in [0.2, 0.25) is 0 Å². The molecule has 5 aromatic carbocycles. The van der Waals surface area contributed by atoms with Crippen LogP contribution in [0.1, 0.15) is 65.0 Å². The van der Waals surface area contributed by atoms with E-state index in [1.165, 1.54) is 13.8 Å². The molecule has 2 heterocycles. The zero-order chi connectivity index (χ0) is 37.0. The van der Waals surface area contributed by atoms with Gasteiger partial charge in [0.05, 0.1) is 0 Å². The number of rotatable bonds is 13. The second kappa shape index (κ2) is 14.8. The van der Waals surface area contributed by atoms with Gasteiger partial charge < -0.3 is 19.5 Å². The molecule has 7 rings (SSSR count). The molecule has 0 saturated carbocycles. The molecule has 0 unspecified atom stereocenters. The maximum Gasteiger partial charge on any atom is 0.354 e.